The van der Waals surface area contributed by atoms with Gasteiger partial charge in [-0.15, -0.1) is 0 Å². The highest BCUT2D eigenvalue weighted by atomic mass is 32.2. The molecule has 7 nitrogen and oxygen atoms in total. The van der Waals surface area contributed by atoms with E-state index in [4.69, 9.17) is 0 Å². The normalized spacial score (nSPS) is 14.0. The summed E-state index contributed by atoms with van der Waals surface area (Å²) in [6.07, 6.45) is 46.7. The Morgan fingerprint density at radius 2 is 0.849 bits per heavy atom. The molecule has 0 aromatic rings. The minimum absolute atomic E-state index is 0.278. The standard InChI is InChI=1S/C45H87NO6S/c1-3-5-7-9-11-13-15-17-19-21-23-25-27-29-31-33-35-37-39-43(47)42(41-53(50,51)52)46-45(49)44(48)40-38-36-34-32-30-28-26-24-22-20-18-16-14-12-10-8-6-4-2/h29,31,37,39,42-44,47-48H,3-28,30,32-36,38,40-41H2,1-2H3,(H,46,49)(H,50,51,52)/b31-29+,39-37+. The molecule has 0 saturated heterocycles. The fraction of sp³-hybridized carbons (Fsp3) is 0.889. The molecule has 4 N–H and O–H groups in total. The number of carbonyl (C=O) groups excluding carboxylic acids is 1. The number of aliphatic hydroxyl groups is 2. The van der Waals surface area contributed by atoms with Crippen LogP contribution in [0, 0.1) is 0 Å². The van der Waals surface area contributed by atoms with Crippen molar-refractivity contribution in [3.63, 3.8) is 0 Å². The average Bonchev–Trinajstić information content (AvgIpc) is 3.12. The maximum absolute atomic E-state index is 12.6. The molecule has 0 aromatic carbocycles. The second-order valence-electron chi connectivity index (χ2n) is 15.8. The lowest BCUT2D eigenvalue weighted by Gasteiger charge is -2.22. The zero-order valence-corrected chi connectivity index (χ0v) is 35.6. The monoisotopic (exact) mass is 770 g/mol. The van der Waals surface area contributed by atoms with Crippen LogP contribution in [0.3, 0.4) is 0 Å². The van der Waals surface area contributed by atoms with E-state index in [0.717, 1.165) is 32.1 Å². The van der Waals surface area contributed by atoms with Crippen molar-refractivity contribution in [1.29, 1.82) is 0 Å². The van der Waals surface area contributed by atoms with E-state index < -0.39 is 40.0 Å². The Hall–Kier alpha value is -1.22. The van der Waals surface area contributed by atoms with Crippen LogP contribution in [0.1, 0.15) is 232 Å². The van der Waals surface area contributed by atoms with Crippen molar-refractivity contribution in [1.82, 2.24) is 5.32 Å². The van der Waals surface area contributed by atoms with Crippen molar-refractivity contribution in [2.24, 2.45) is 0 Å². The van der Waals surface area contributed by atoms with Gasteiger partial charge in [-0.2, -0.15) is 8.42 Å². The molecule has 0 rings (SSSR count). The minimum Gasteiger partial charge on any atom is -0.387 e. The van der Waals surface area contributed by atoms with E-state index in [1.807, 2.05) is 0 Å². The lowest BCUT2D eigenvalue weighted by atomic mass is 10.0. The van der Waals surface area contributed by atoms with Gasteiger partial charge in [0.2, 0.25) is 5.91 Å². The smallest absolute Gasteiger partial charge is 0.267 e. The van der Waals surface area contributed by atoms with Crippen LogP contribution in [0.5, 0.6) is 0 Å². The topological polar surface area (TPSA) is 124 Å². The van der Waals surface area contributed by atoms with Crippen molar-refractivity contribution < 1.29 is 28.0 Å². The molecule has 0 saturated carbocycles. The number of carbonyl (C=O) groups is 1. The van der Waals surface area contributed by atoms with Crippen molar-refractivity contribution in [3.05, 3.63) is 24.3 Å². The number of amides is 1. The zero-order valence-electron chi connectivity index (χ0n) is 34.8. The number of unbranched alkanes of at least 4 members (excludes halogenated alkanes) is 30. The zero-order chi connectivity index (χ0) is 39.1. The Bertz CT molecular complexity index is 953. The van der Waals surface area contributed by atoms with Gasteiger partial charge in [0.15, 0.2) is 0 Å². The van der Waals surface area contributed by atoms with Crippen molar-refractivity contribution in [3.8, 4) is 0 Å². The summed E-state index contributed by atoms with van der Waals surface area (Å²) < 4.78 is 32.6. The first kappa shape index (κ1) is 51.8. The Labute approximate surface area is 328 Å². The fourth-order valence-corrected chi connectivity index (χ4v) is 7.74. The van der Waals surface area contributed by atoms with E-state index in [9.17, 15) is 28.0 Å². The van der Waals surface area contributed by atoms with Gasteiger partial charge in [-0.05, 0) is 32.1 Å². The van der Waals surface area contributed by atoms with Crippen LogP contribution >= 0.6 is 0 Å². The third-order valence-corrected chi connectivity index (χ3v) is 11.3. The van der Waals surface area contributed by atoms with E-state index in [1.54, 1.807) is 6.08 Å². The number of rotatable bonds is 41. The van der Waals surface area contributed by atoms with Gasteiger partial charge in [-0.1, -0.05) is 224 Å². The molecule has 3 unspecified atom stereocenters. The summed E-state index contributed by atoms with van der Waals surface area (Å²) in [5.41, 5.74) is 0. The Morgan fingerprint density at radius 3 is 1.25 bits per heavy atom. The highest BCUT2D eigenvalue weighted by Crippen LogP contribution is 2.16. The highest BCUT2D eigenvalue weighted by Gasteiger charge is 2.27. The first-order chi connectivity index (χ1) is 25.7. The van der Waals surface area contributed by atoms with Gasteiger partial charge in [0, 0.05) is 0 Å². The maximum atomic E-state index is 12.6. The van der Waals surface area contributed by atoms with Gasteiger partial charge in [-0.25, -0.2) is 0 Å². The summed E-state index contributed by atoms with van der Waals surface area (Å²) in [5.74, 6) is -1.55. The predicted molar refractivity (Wildman–Crippen MR) is 227 cm³/mol. The van der Waals surface area contributed by atoms with E-state index in [-0.39, 0.29) is 6.42 Å². The molecule has 1 amide bonds. The molecule has 8 heteroatoms. The van der Waals surface area contributed by atoms with Gasteiger partial charge in [0.1, 0.15) is 6.10 Å². The summed E-state index contributed by atoms with van der Waals surface area (Å²) in [5, 5.41) is 23.4. The highest BCUT2D eigenvalue weighted by molar-refractivity contribution is 7.85. The summed E-state index contributed by atoms with van der Waals surface area (Å²) in [4.78, 5) is 12.6. The van der Waals surface area contributed by atoms with E-state index in [0.29, 0.717) is 12.8 Å². The van der Waals surface area contributed by atoms with Crippen LogP contribution < -0.4 is 5.32 Å². The quantitative estimate of drug-likeness (QED) is 0.0279. The van der Waals surface area contributed by atoms with Gasteiger partial charge in [0.25, 0.3) is 10.1 Å². The second kappa shape index (κ2) is 39.0. The van der Waals surface area contributed by atoms with Crippen molar-refractivity contribution in [2.45, 2.75) is 250 Å². The molecule has 0 bridgehead atoms. The fourth-order valence-electron chi connectivity index (χ4n) is 7.00. The molecule has 0 fully saturated rings. The molecular formula is C45H87NO6S. The summed E-state index contributed by atoms with van der Waals surface area (Å²) in [6, 6.07) is -1.25. The largest absolute Gasteiger partial charge is 0.387 e. The van der Waals surface area contributed by atoms with Crippen molar-refractivity contribution >= 4 is 16.0 Å². The summed E-state index contributed by atoms with van der Waals surface area (Å²) >= 11 is 0. The van der Waals surface area contributed by atoms with Crippen LogP contribution in [-0.4, -0.2) is 53.1 Å². The SMILES string of the molecule is CCCCCCCCCCCCCC/C=C/CC/C=C/C(O)C(CS(=O)(=O)O)NC(=O)C(O)CCCCCCCCCCCCCCCCCCCC. The molecular weight excluding hydrogens is 683 g/mol. The molecule has 3 atom stereocenters. The number of allylic oxidation sites excluding steroid dienone is 3. The number of hydrogen-bond acceptors (Lipinski definition) is 5. The third kappa shape index (κ3) is 38.8. The Balaban J connectivity index is 4.00. The minimum atomic E-state index is -4.45. The van der Waals surface area contributed by atoms with Gasteiger partial charge >= 0.3 is 0 Å². The second-order valence-corrected chi connectivity index (χ2v) is 17.3. The Kier molecular flexibility index (Phi) is 38.1. The van der Waals surface area contributed by atoms with Crippen LogP contribution in [0.25, 0.3) is 0 Å². The molecule has 0 aliphatic heterocycles. The molecule has 0 aromatic heterocycles. The lowest BCUT2D eigenvalue weighted by Crippen LogP contribution is -2.50. The van der Waals surface area contributed by atoms with E-state index >= 15 is 0 Å². The number of hydrogen-bond donors (Lipinski definition) is 4. The summed E-state index contributed by atoms with van der Waals surface area (Å²) in [7, 11) is -4.45. The molecule has 0 heterocycles. The first-order valence-corrected chi connectivity index (χ1v) is 24.3. The maximum Gasteiger partial charge on any atom is 0.267 e. The van der Waals surface area contributed by atoms with E-state index in [1.165, 1.54) is 173 Å². The van der Waals surface area contributed by atoms with Crippen molar-refractivity contribution in [2.75, 3.05) is 5.75 Å². The molecule has 314 valence electrons. The Morgan fingerprint density at radius 1 is 0.509 bits per heavy atom. The van der Waals surface area contributed by atoms with Crippen LogP contribution in [-0.2, 0) is 14.9 Å². The average molecular weight is 770 g/mol. The van der Waals surface area contributed by atoms with Crippen LogP contribution in [0.4, 0.5) is 0 Å². The first-order valence-electron chi connectivity index (χ1n) is 22.6. The van der Waals surface area contributed by atoms with E-state index in [2.05, 4.69) is 31.3 Å². The molecule has 0 aliphatic rings. The molecule has 0 aliphatic carbocycles. The van der Waals surface area contributed by atoms with Gasteiger partial charge < -0.3 is 15.5 Å². The molecule has 0 radical (unpaired) electrons. The lowest BCUT2D eigenvalue weighted by molar-refractivity contribution is -0.130. The summed E-state index contributed by atoms with van der Waals surface area (Å²) in [6.45, 7) is 4.53. The van der Waals surface area contributed by atoms with Crippen LogP contribution in [0.15, 0.2) is 24.3 Å². The van der Waals surface area contributed by atoms with Gasteiger partial charge in [0.05, 0.1) is 17.9 Å². The van der Waals surface area contributed by atoms with Crippen LogP contribution in [0.2, 0.25) is 0 Å². The third-order valence-electron chi connectivity index (χ3n) is 10.5. The number of aliphatic hydroxyl groups excluding tert-OH is 2. The molecule has 53 heavy (non-hydrogen) atoms. The van der Waals surface area contributed by atoms with Gasteiger partial charge in [-0.3, -0.25) is 9.35 Å². The predicted octanol–water partition coefficient (Wildman–Crippen LogP) is 12.5. The molecule has 0 spiro atoms. The number of nitrogens with one attached hydrogen (secondary N) is 1.